The number of hydrogen-bond acceptors (Lipinski definition) is 6. The molecule has 0 rings (SSSR count). The molecule has 0 heterocycles. The lowest BCUT2D eigenvalue weighted by Crippen LogP contribution is -2.30. The van der Waals surface area contributed by atoms with Gasteiger partial charge in [0.1, 0.15) is 13.2 Å². The van der Waals surface area contributed by atoms with Crippen LogP contribution in [0.1, 0.15) is 316 Å². The highest BCUT2D eigenvalue weighted by Crippen LogP contribution is 2.16. The molecule has 0 spiro atoms. The zero-order chi connectivity index (χ0) is 48.6. The topological polar surface area (TPSA) is 78.9 Å². The van der Waals surface area contributed by atoms with Crippen molar-refractivity contribution in [1.82, 2.24) is 0 Å². The van der Waals surface area contributed by atoms with Gasteiger partial charge in [0.2, 0.25) is 0 Å². The molecule has 6 nitrogen and oxygen atoms in total. The van der Waals surface area contributed by atoms with Gasteiger partial charge in [-0.2, -0.15) is 0 Å². The van der Waals surface area contributed by atoms with Crippen molar-refractivity contribution in [2.24, 2.45) is 0 Å². The third kappa shape index (κ3) is 54.4. The van der Waals surface area contributed by atoms with Gasteiger partial charge in [0.15, 0.2) is 6.10 Å². The molecule has 0 saturated carbocycles. The Kier molecular flexibility index (Phi) is 54.2. The molecule has 0 aromatic carbocycles. The fraction of sp³-hybridized carbons (Fsp3) is 0.852. The van der Waals surface area contributed by atoms with Crippen LogP contribution in [0.2, 0.25) is 0 Å². The van der Waals surface area contributed by atoms with Gasteiger partial charge in [-0.1, -0.05) is 256 Å². The molecule has 0 fully saturated rings. The molecular formula is C61H112O6. The van der Waals surface area contributed by atoms with Crippen molar-refractivity contribution in [1.29, 1.82) is 0 Å². The van der Waals surface area contributed by atoms with E-state index in [0.717, 1.165) is 64.2 Å². The molecule has 0 aliphatic heterocycles. The number of unbranched alkanes of at least 4 members (excludes halogenated alkanes) is 37. The van der Waals surface area contributed by atoms with E-state index in [9.17, 15) is 14.4 Å². The first-order chi connectivity index (χ1) is 33.0. The maximum Gasteiger partial charge on any atom is 0.306 e. The van der Waals surface area contributed by atoms with Crippen LogP contribution in [0.5, 0.6) is 0 Å². The van der Waals surface area contributed by atoms with E-state index in [1.165, 1.54) is 212 Å². The van der Waals surface area contributed by atoms with E-state index < -0.39 is 6.10 Å². The molecule has 0 radical (unpaired) electrons. The van der Waals surface area contributed by atoms with Gasteiger partial charge >= 0.3 is 17.9 Å². The molecule has 0 aliphatic rings. The Balaban J connectivity index is 4.32. The molecule has 0 amide bonds. The summed E-state index contributed by atoms with van der Waals surface area (Å²) >= 11 is 0. The third-order valence-corrected chi connectivity index (χ3v) is 13.1. The van der Waals surface area contributed by atoms with Crippen molar-refractivity contribution in [2.75, 3.05) is 13.2 Å². The Morgan fingerprint density at radius 2 is 0.537 bits per heavy atom. The van der Waals surface area contributed by atoms with Crippen LogP contribution >= 0.6 is 0 Å². The molecule has 0 aromatic heterocycles. The number of rotatable bonds is 54. The molecule has 0 aliphatic carbocycles. The van der Waals surface area contributed by atoms with Gasteiger partial charge in [-0.15, -0.1) is 0 Å². The molecule has 0 saturated heterocycles. The smallest absolute Gasteiger partial charge is 0.306 e. The zero-order valence-corrected chi connectivity index (χ0v) is 44.9. The minimum absolute atomic E-state index is 0.0720. The minimum Gasteiger partial charge on any atom is -0.462 e. The van der Waals surface area contributed by atoms with Crippen LogP contribution in [0.25, 0.3) is 0 Å². The van der Waals surface area contributed by atoms with Gasteiger partial charge in [0, 0.05) is 19.3 Å². The second kappa shape index (κ2) is 56.2. The van der Waals surface area contributed by atoms with Crippen LogP contribution in [0.15, 0.2) is 36.5 Å². The summed E-state index contributed by atoms with van der Waals surface area (Å²) in [7, 11) is 0. The van der Waals surface area contributed by atoms with Gasteiger partial charge in [-0.3, -0.25) is 14.4 Å². The van der Waals surface area contributed by atoms with Gasteiger partial charge in [-0.25, -0.2) is 0 Å². The van der Waals surface area contributed by atoms with Crippen molar-refractivity contribution in [3.8, 4) is 0 Å². The quantitative estimate of drug-likeness (QED) is 0.0262. The fourth-order valence-corrected chi connectivity index (χ4v) is 8.65. The van der Waals surface area contributed by atoms with Gasteiger partial charge < -0.3 is 14.2 Å². The summed E-state index contributed by atoms with van der Waals surface area (Å²) in [5.41, 5.74) is 0. The molecule has 392 valence electrons. The van der Waals surface area contributed by atoms with Crippen LogP contribution in [0.3, 0.4) is 0 Å². The largest absolute Gasteiger partial charge is 0.462 e. The highest BCUT2D eigenvalue weighted by molar-refractivity contribution is 5.71. The van der Waals surface area contributed by atoms with Crippen LogP contribution in [0, 0.1) is 0 Å². The summed E-state index contributed by atoms with van der Waals surface area (Å²) in [4.78, 5) is 38.2. The summed E-state index contributed by atoms with van der Waals surface area (Å²) in [5.74, 6) is -0.862. The minimum atomic E-state index is -0.772. The van der Waals surface area contributed by atoms with Crippen molar-refractivity contribution < 1.29 is 28.6 Å². The Morgan fingerprint density at radius 3 is 0.866 bits per heavy atom. The van der Waals surface area contributed by atoms with E-state index in [4.69, 9.17) is 14.2 Å². The Hall–Kier alpha value is -2.37. The second-order valence-corrected chi connectivity index (χ2v) is 19.9. The first kappa shape index (κ1) is 64.6. The third-order valence-electron chi connectivity index (χ3n) is 13.1. The van der Waals surface area contributed by atoms with Crippen molar-refractivity contribution in [3.63, 3.8) is 0 Å². The first-order valence-electron chi connectivity index (χ1n) is 29.5. The summed E-state index contributed by atoms with van der Waals surface area (Å²) in [6, 6.07) is 0. The predicted molar refractivity (Wildman–Crippen MR) is 289 cm³/mol. The van der Waals surface area contributed by atoms with Crippen LogP contribution in [-0.4, -0.2) is 37.2 Å². The van der Waals surface area contributed by atoms with Crippen molar-refractivity contribution >= 4 is 17.9 Å². The number of carbonyl (C=O) groups is 3. The Morgan fingerprint density at radius 1 is 0.299 bits per heavy atom. The summed E-state index contributed by atoms with van der Waals surface area (Å²) in [6.07, 6.45) is 67.0. The van der Waals surface area contributed by atoms with Crippen LogP contribution in [0.4, 0.5) is 0 Å². The van der Waals surface area contributed by atoms with E-state index in [-0.39, 0.29) is 31.1 Å². The lowest BCUT2D eigenvalue weighted by atomic mass is 10.0. The summed E-state index contributed by atoms with van der Waals surface area (Å²) in [5, 5.41) is 0. The molecule has 67 heavy (non-hydrogen) atoms. The standard InChI is InChI=1S/C61H112O6/c1-4-7-10-13-16-19-22-25-27-29-30-32-34-37-39-42-45-48-51-54-60(63)66-57-58(67-61(64)55-52-49-46-43-40-35-24-21-18-15-12-9-6-3)56-65-59(62)53-50-47-44-41-38-36-33-31-28-26-23-20-17-14-11-8-5-2/h16,19,25-28,58H,4-15,17-18,20-24,29-57H2,1-3H3/b19-16-,27-25-,28-26-/t58-/m0/s1. The summed E-state index contributed by atoms with van der Waals surface area (Å²) in [6.45, 7) is 6.64. The van der Waals surface area contributed by atoms with E-state index >= 15 is 0 Å². The SMILES string of the molecule is CCCCC/C=C\C/C=C\CCCCCCCCCCCC(=O)OC[C@H](COC(=O)CCCCCCCCC/C=C\CCCCCCCC)OC(=O)CCCCCCCCCCCCCCC. The summed E-state index contributed by atoms with van der Waals surface area (Å²) < 4.78 is 16.9. The molecule has 0 bridgehead atoms. The van der Waals surface area contributed by atoms with E-state index in [1.54, 1.807) is 0 Å². The zero-order valence-electron chi connectivity index (χ0n) is 44.9. The maximum absolute atomic E-state index is 12.8. The number of allylic oxidation sites excluding steroid dienone is 6. The number of esters is 3. The molecule has 0 aromatic rings. The lowest BCUT2D eigenvalue weighted by molar-refractivity contribution is -0.167. The molecule has 6 heteroatoms. The molecule has 0 N–H and O–H groups in total. The van der Waals surface area contributed by atoms with Crippen molar-refractivity contribution in [3.05, 3.63) is 36.5 Å². The fourth-order valence-electron chi connectivity index (χ4n) is 8.65. The Bertz CT molecular complexity index is 1130. The number of ether oxygens (including phenoxy) is 3. The average Bonchev–Trinajstić information content (AvgIpc) is 3.33. The highest BCUT2D eigenvalue weighted by Gasteiger charge is 2.19. The predicted octanol–water partition coefficient (Wildman–Crippen LogP) is 19.7. The average molecular weight is 942 g/mol. The number of carbonyl (C=O) groups excluding carboxylic acids is 3. The molecule has 1 atom stereocenters. The normalized spacial score (nSPS) is 12.2. The number of hydrogen-bond donors (Lipinski definition) is 0. The maximum atomic E-state index is 12.8. The van der Waals surface area contributed by atoms with E-state index in [0.29, 0.717) is 19.3 Å². The van der Waals surface area contributed by atoms with Crippen LogP contribution in [-0.2, 0) is 28.6 Å². The Labute approximate surface area is 416 Å². The van der Waals surface area contributed by atoms with Gasteiger partial charge in [0.05, 0.1) is 0 Å². The van der Waals surface area contributed by atoms with Gasteiger partial charge in [-0.05, 0) is 77.0 Å². The monoisotopic (exact) mass is 941 g/mol. The highest BCUT2D eigenvalue weighted by atomic mass is 16.6. The first-order valence-corrected chi connectivity index (χ1v) is 29.5. The second-order valence-electron chi connectivity index (χ2n) is 19.9. The van der Waals surface area contributed by atoms with Gasteiger partial charge in [0.25, 0.3) is 0 Å². The molecular weight excluding hydrogens is 829 g/mol. The molecule has 0 unspecified atom stereocenters. The van der Waals surface area contributed by atoms with E-state index in [2.05, 4.69) is 57.2 Å². The van der Waals surface area contributed by atoms with Crippen LogP contribution < -0.4 is 0 Å². The van der Waals surface area contributed by atoms with E-state index in [1.807, 2.05) is 0 Å². The van der Waals surface area contributed by atoms with Crippen molar-refractivity contribution in [2.45, 2.75) is 322 Å². The lowest BCUT2D eigenvalue weighted by Gasteiger charge is -2.18.